The predicted octanol–water partition coefficient (Wildman–Crippen LogP) is 1.66. The van der Waals surface area contributed by atoms with Crippen LogP contribution in [-0.2, 0) is 20.9 Å². The number of rotatable bonds is 7. The zero-order chi connectivity index (χ0) is 20.8. The minimum absolute atomic E-state index is 0.0113. The molecule has 1 aliphatic rings. The van der Waals surface area contributed by atoms with Gasteiger partial charge in [0, 0.05) is 26.4 Å². The molecule has 2 aromatic carbocycles. The molecule has 1 amide bonds. The van der Waals surface area contributed by atoms with Gasteiger partial charge in [0.1, 0.15) is 5.75 Å². The molecular formula is C23H31N2O4+. The van der Waals surface area contributed by atoms with Crippen LogP contribution in [-0.4, -0.2) is 57.2 Å². The highest BCUT2D eigenvalue weighted by Gasteiger charge is 2.29. The van der Waals surface area contributed by atoms with E-state index in [1.807, 2.05) is 32.2 Å². The van der Waals surface area contributed by atoms with E-state index in [4.69, 9.17) is 9.47 Å². The van der Waals surface area contributed by atoms with Crippen LogP contribution < -0.4 is 9.64 Å². The topological polar surface area (TPSA) is 60.3 Å². The van der Waals surface area contributed by atoms with Gasteiger partial charge in [-0.25, -0.2) is 0 Å². The van der Waals surface area contributed by atoms with Gasteiger partial charge in [-0.3, -0.25) is 9.59 Å². The van der Waals surface area contributed by atoms with E-state index in [-0.39, 0.29) is 17.8 Å². The number of nitrogens with one attached hydrogen (secondary N) is 1. The summed E-state index contributed by atoms with van der Waals surface area (Å²) in [4.78, 5) is 27.6. The minimum atomic E-state index is -0.0936. The molecule has 0 spiro atoms. The average Bonchev–Trinajstić information content (AvgIpc) is 2.74. The predicted molar refractivity (Wildman–Crippen MR) is 112 cm³/mol. The lowest BCUT2D eigenvalue weighted by atomic mass is 9.97. The molecule has 2 aromatic rings. The molecule has 0 atom stereocenters. The van der Waals surface area contributed by atoms with Gasteiger partial charge in [-0.15, -0.1) is 0 Å². The number of nitrogens with zero attached hydrogens (tertiary/aromatic N) is 1. The second kappa shape index (κ2) is 9.74. The molecule has 1 N–H and O–H groups in total. The third-order valence-electron chi connectivity index (χ3n) is 5.67. The fourth-order valence-electron chi connectivity index (χ4n) is 3.91. The lowest BCUT2D eigenvalue weighted by Gasteiger charge is -2.29. The van der Waals surface area contributed by atoms with Crippen LogP contribution in [0.5, 0.6) is 5.75 Å². The Morgan fingerprint density at radius 2 is 1.79 bits per heavy atom. The second-order valence-corrected chi connectivity index (χ2v) is 7.75. The van der Waals surface area contributed by atoms with Gasteiger partial charge in [-0.05, 0) is 41.5 Å². The minimum Gasteiger partial charge on any atom is -0.497 e. The average molecular weight is 400 g/mol. The molecule has 1 fully saturated rings. The number of carbonyl (C=O) groups is 2. The van der Waals surface area contributed by atoms with Gasteiger partial charge in [-0.1, -0.05) is 18.2 Å². The normalized spacial score (nSPS) is 19.0. The van der Waals surface area contributed by atoms with E-state index in [1.165, 1.54) is 4.90 Å². The van der Waals surface area contributed by atoms with Gasteiger partial charge < -0.3 is 19.3 Å². The van der Waals surface area contributed by atoms with E-state index in [1.54, 1.807) is 12.0 Å². The molecule has 0 saturated carbocycles. The Morgan fingerprint density at radius 1 is 1.10 bits per heavy atom. The molecular weight excluding hydrogens is 368 g/mol. The van der Waals surface area contributed by atoms with E-state index in [0.717, 1.165) is 48.0 Å². The molecule has 0 unspecified atom stereocenters. The van der Waals surface area contributed by atoms with E-state index in [0.29, 0.717) is 19.7 Å². The largest absolute Gasteiger partial charge is 0.497 e. The van der Waals surface area contributed by atoms with Gasteiger partial charge in [0.15, 0.2) is 6.54 Å². The fourth-order valence-corrected chi connectivity index (χ4v) is 3.91. The summed E-state index contributed by atoms with van der Waals surface area (Å²) in [5.74, 6) is 0.864. The maximum absolute atomic E-state index is 12.7. The maximum atomic E-state index is 12.7. The Kier molecular flexibility index (Phi) is 7.09. The highest BCUT2D eigenvalue weighted by atomic mass is 16.5. The van der Waals surface area contributed by atoms with Crippen molar-refractivity contribution in [2.45, 2.75) is 26.3 Å². The molecule has 1 heterocycles. The van der Waals surface area contributed by atoms with E-state index < -0.39 is 0 Å². The highest BCUT2D eigenvalue weighted by molar-refractivity contribution is 5.84. The molecule has 1 saturated heterocycles. The van der Waals surface area contributed by atoms with Gasteiger partial charge >= 0.3 is 5.97 Å². The quantitative estimate of drug-likeness (QED) is 0.720. The van der Waals surface area contributed by atoms with Gasteiger partial charge in [0.05, 0.1) is 32.7 Å². The number of methoxy groups -OCH3 is 1. The van der Waals surface area contributed by atoms with Crippen molar-refractivity contribution in [3.05, 3.63) is 42.0 Å². The number of likely N-dealkylation sites (tertiary alicyclic amines) is 1. The molecule has 6 nitrogen and oxygen atoms in total. The van der Waals surface area contributed by atoms with Crippen molar-refractivity contribution in [2.75, 3.05) is 40.4 Å². The zero-order valence-corrected chi connectivity index (χ0v) is 17.6. The lowest BCUT2D eigenvalue weighted by molar-refractivity contribution is -0.898. The van der Waals surface area contributed by atoms with Crippen molar-refractivity contribution in [3.8, 4) is 5.75 Å². The van der Waals surface area contributed by atoms with E-state index in [9.17, 15) is 9.59 Å². The first-order valence-corrected chi connectivity index (χ1v) is 10.3. The van der Waals surface area contributed by atoms with Crippen LogP contribution >= 0.6 is 0 Å². The summed E-state index contributed by atoms with van der Waals surface area (Å²) in [5.41, 5.74) is 1.11. The molecule has 29 heavy (non-hydrogen) atoms. The SMILES string of the molecule is CCOC(=O)C1CC[NH+](CC(=O)N(C)Cc2ccc3cc(OC)ccc3c2)CC1. The van der Waals surface area contributed by atoms with Gasteiger partial charge in [0.2, 0.25) is 0 Å². The number of hydrogen-bond acceptors (Lipinski definition) is 4. The third-order valence-corrected chi connectivity index (χ3v) is 5.67. The second-order valence-electron chi connectivity index (χ2n) is 7.75. The standard InChI is InChI=1S/C23H30N2O4/c1-4-29-23(27)18-9-11-25(12-10-18)16-22(26)24(2)15-17-5-6-20-14-21(28-3)8-7-19(20)13-17/h5-8,13-14,18H,4,9-12,15-16H2,1-3H3/p+1. The summed E-state index contributed by atoms with van der Waals surface area (Å²) in [5, 5.41) is 2.26. The maximum Gasteiger partial charge on any atom is 0.309 e. The summed E-state index contributed by atoms with van der Waals surface area (Å²) in [6, 6.07) is 12.2. The van der Waals surface area contributed by atoms with Crippen LogP contribution in [0.25, 0.3) is 10.8 Å². The van der Waals surface area contributed by atoms with Crippen molar-refractivity contribution in [2.24, 2.45) is 5.92 Å². The Bertz CT molecular complexity index is 859. The number of esters is 1. The molecule has 3 rings (SSSR count). The lowest BCUT2D eigenvalue weighted by Crippen LogP contribution is -3.14. The van der Waals surface area contributed by atoms with Crippen molar-refractivity contribution in [1.82, 2.24) is 4.90 Å². The smallest absolute Gasteiger partial charge is 0.309 e. The van der Waals surface area contributed by atoms with Crippen molar-refractivity contribution >= 4 is 22.6 Å². The molecule has 0 bridgehead atoms. The van der Waals surface area contributed by atoms with Crippen LogP contribution in [0.3, 0.4) is 0 Å². The molecule has 156 valence electrons. The van der Waals surface area contributed by atoms with Gasteiger partial charge in [-0.2, -0.15) is 0 Å². The Hall–Kier alpha value is -2.60. The molecule has 1 aliphatic heterocycles. The van der Waals surface area contributed by atoms with E-state index >= 15 is 0 Å². The summed E-state index contributed by atoms with van der Waals surface area (Å²) >= 11 is 0. The third kappa shape index (κ3) is 5.48. The van der Waals surface area contributed by atoms with Crippen molar-refractivity contribution < 1.29 is 24.0 Å². The van der Waals surface area contributed by atoms with Crippen molar-refractivity contribution in [3.63, 3.8) is 0 Å². The molecule has 0 aliphatic carbocycles. The number of benzene rings is 2. The monoisotopic (exact) mass is 399 g/mol. The molecule has 0 aromatic heterocycles. The number of ether oxygens (including phenoxy) is 2. The number of piperidine rings is 1. The first kappa shape index (κ1) is 21.1. The summed E-state index contributed by atoms with van der Waals surface area (Å²) in [6.45, 7) is 4.98. The highest BCUT2D eigenvalue weighted by Crippen LogP contribution is 2.22. The zero-order valence-electron chi connectivity index (χ0n) is 17.6. The first-order valence-electron chi connectivity index (χ1n) is 10.3. The number of quaternary nitrogens is 1. The first-order chi connectivity index (χ1) is 14.0. The number of likely N-dealkylation sites (N-methyl/N-ethyl adjacent to an activating group) is 1. The number of amides is 1. The summed E-state index contributed by atoms with van der Waals surface area (Å²) in [6.07, 6.45) is 1.58. The number of hydrogen-bond donors (Lipinski definition) is 1. The van der Waals surface area contributed by atoms with Crippen LogP contribution in [0.2, 0.25) is 0 Å². The van der Waals surface area contributed by atoms with Crippen LogP contribution in [0.1, 0.15) is 25.3 Å². The van der Waals surface area contributed by atoms with Crippen LogP contribution in [0.4, 0.5) is 0 Å². The molecule has 6 heteroatoms. The number of fused-ring (bicyclic) bond motifs is 1. The van der Waals surface area contributed by atoms with Gasteiger partial charge in [0.25, 0.3) is 5.91 Å². The fraction of sp³-hybridized carbons (Fsp3) is 0.478. The Labute approximate surface area is 172 Å². The summed E-state index contributed by atoms with van der Waals surface area (Å²) < 4.78 is 10.4. The Balaban J connectivity index is 1.52. The number of carbonyl (C=O) groups excluding carboxylic acids is 2. The Morgan fingerprint density at radius 3 is 2.48 bits per heavy atom. The van der Waals surface area contributed by atoms with Crippen LogP contribution in [0, 0.1) is 5.92 Å². The van der Waals surface area contributed by atoms with Crippen molar-refractivity contribution in [1.29, 1.82) is 0 Å². The molecule has 0 radical (unpaired) electrons. The van der Waals surface area contributed by atoms with E-state index in [2.05, 4.69) is 18.2 Å². The summed E-state index contributed by atoms with van der Waals surface area (Å²) in [7, 11) is 3.52. The van der Waals surface area contributed by atoms with Crippen LogP contribution in [0.15, 0.2) is 36.4 Å².